The van der Waals surface area contributed by atoms with Gasteiger partial charge in [0.1, 0.15) is 6.33 Å². The maximum Gasteiger partial charge on any atom is 0.504 e. The number of methoxy groups -OCH3 is 1. The number of nitrogens with zero attached hydrogens (tertiary/aromatic N) is 4. The van der Waals surface area contributed by atoms with E-state index in [9.17, 15) is 13.2 Å². The van der Waals surface area contributed by atoms with Crippen LogP contribution in [-0.4, -0.2) is 26.9 Å². The Hall–Kier alpha value is -2.35. The summed E-state index contributed by atoms with van der Waals surface area (Å²) in [6.45, 7) is 0. The Labute approximate surface area is 127 Å². The summed E-state index contributed by atoms with van der Waals surface area (Å²) in [5.41, 5.74) is 0.955. The lowest BCUT2D eigenvalue weighted by Crippen LogP contribution is -2.16. The molecule has 0 aliphatic heterocycles. The molecule has 5 nitrogen and oxygen atoms in total. The fourth-order valence-corrected chi connectivity index (χ4v) is 2.38. The minimum Gasteiger partial charge on any atom is -0.480 e. The van der Waals surface area contributed by atoms with Crippen LogP contribution in [-0.2, 0) is 6.30 Å². The molecular weight excluding hydrogens is 321 g/mol. The van der Waals surface area contributed by atoms with Gasteiger partial charge in [-0.1, -0.05) is 11.6 Å². The molecule has 0 bridgehead atoms. The topological polar surface area (TPSA) is 52.8 Å². The smallest absolute Gasteiger partial charge is 0.480 e. The molecule has 114 valence electrons. The average Bonchev–Trinajstić information content (AvgIpc) is 2.96. The zero-order valence-electron chi connectivity index (χ0n) is 11.1. The number of halogens is 4. The fourth-order valence-electron chi connectivity index (χ4n) is 2.05. The fraction of sp³-hybridized carbons (Fsp3) is 0.154. The van der Waals surface area contributed by atoms with Gasteiger partial charge in [0.2, 0.25) is 5.88 Å². The molecule has 1 aromatic carbocycles. The highest BCUT2D eigenvalue weighted by Crippen LogP contribution is 2.37. The van der Waals surface area contributed by atoms with Gasteiger partial charge < -0.3 is 4.74 Å². The van der Waals surface area contributed by atoms with E-state index in [-0.39, 0.29) is 21.3 Å². The predicted octanol–water partition coefficient (Wildman–Crippen LogP) is 3.63. The van der Waals surface area contributed by atoms with E-state index in [0.717, 1.165) is 6.20 Å². The molecule has 22 heavy (non-hydrogen) atoms. The third kappa shape index (κ3) is 2.35. The van der Waals surface area contributed by atoms with Crippen molar-refractivity contribution in [3.63, 3.8) is 0 Å². The van der Waals surface area contributed by atoms with E-state index in [1.54, 1.807) is 12.1 Å². The van der Waals surface area contributed by atoms with Crippen LogP contribution in [0.15, 0.2) is 30.7 Å². The first-order valence-electron chi connectivity index (χ1n) is 6.02. The summed E-state index contributed by atoms with van der Waals surface area (Å²) < 4.78 is 42.9. The first-order chi connectivity index (χ1) is 10.4. The van der Waals surface area contributed by atoms with Gasteiger partial charge >= 0.3 is 6.30 Å². The van der Waals surface area contributed by atoms with E-state index >= 15 is 0 Å². The van der Waals surface area contributed by atoms with Gasteiger partial charge in [-0.05, 0) is 18.2 Å². The van der Waals surface area contributed by atoms with Gasteiger partial charge in [-0.15, -0.1) is 13.2 Å². The molecule has 0 saturated carbocycles. The first kappa shape index (κ1) is 14.6. The highest BCUT2D eigenvalue weighted by molar-refractivity contribution is 6.38. The van der Waals surface area contributed by atoms with Crippen molar-refractivity contribution in [1.82, 2.24) is 19.7 Å². The Morgan fingerprint density at radius 3 is 2.59 bits per heavy atom. The van der Waals surface area contributed by atoms with Gasteiger partial charge in [0.05, 0.1) is 28.7 Å². The molecule has 0 atom stereocenters. The van der Waals surface area contributed by atoms with Crippen molar-refractivity contribution in [1.29, 1.82) is 0 Å². The lowest BCUT2D eigenvalue weighted by atomic mass is 10.1. The maximum absolute atomic E-state index is 12.6. The molecule has 3 rings (SSSR count). The summed E-state index contributed by atoms with van der Waals surface area (Å²) in [5, 5.41) is 4.11. The van der Waals surface area contributed by atoms with Crippen molar-refractivity contribution in [3.05, 3.63) is 35.7 Å². The summed E-state index contributed by atoms with van der Waals surface area (Å²) in [7, 11) is 1.42. The molecule has 0 fully saturated rings. The summed E-state index contributed by atoms with van der Waals surface area (Å²) >= 11 is 6.29. The Morgan fingerprint density at radius 2 is 1.95 bits per heavy atom. The molecule has 0 N–H and O–H groups in total. The maximum atomic E-state index is 12.6. The van der Waals surface area contributed by atoms with Crippen molar-refractivity contribution in [2.24, 2.45) is 0 Å². The van der Waals surface area contributed by atoms with Crippen molar-refractivity contribution in [2.45, 2.75) is 6.30 Å². The minimum absolute atomic E-state index is 0.0818. The van der Waals surface area contributed by atoms with E-state index in [4.69, 9.17) is 16.3 Å². The van der Waals surface area contributed by atoms with Crippen LogP contribution in [0.3, 0.4) is 0 Å². The number of fused-ring (bicyclic) bond motifs is 1. The van der Waals surface area contributed by atoms with Crippen molar-refractivity contribution < 1.29 is 17.9 Å². The molecule has 0 spiro atoms. The van der Waals surface area contributed by atoms with Crippen LogP contribution in [0, 0.1) is 0 Å². The Balaban J connectivity index is 2.20. The molecule has 0 aliphatic carbocycles. The molecule has 2 aromatic heterocycles. The number of hydrogen-bond acceptors (Lipinski definition) is 4. The van der Waals surface area contributed by atoms with Crippen LogP contribution in [0.1, 0.15) is 0 Å². The molecule has 3 aromatic rings. The van der Waals surface area contributed by atoms with Gasteiger partial charge in [-0.3, -0.25) is 0 Å². The lowest BCUT2D eigenvalue weighted by molar-refractivity contribution is -0.212. The Morgan fingerprint density at radius 1 is 1.18 bits per heavy atom. The number of hydrogen-bond donors (Lipinski definition) is 0. The monoisotopic (exact) mass is 328 g/mol. The van der Waals surface area contributed by atoms with Crippen LogP contribution in [0.4, 0.5) is 13.2 Å². The van der Waals surface area contributed by atoms with E-state index in [0.29, 0.717) is 16.5 Å². The van der Waals surface area contributed by atoms with E-state index in [1.165, 1.54) is 19.5 Å². The first-order valence-corrected chi connectivity index (χ1v) is 6.40. The number of aromatic nitrogens is 4. The lowest BCUT2D eigenvalue weighted by Gasteiger charge is -2.08. The number of alkyl halides is 3. The number of ether oxygens (including phenoxy) is 1. The van der Waals surface area contributed by atoms with E-state index < -0.39 is 6.30 Å². The zero-order chi connectivity index (χ0) is 15.9. The molecule has 0 unspecified atom stereocenters. The standard InChI is InChI=1S/C13H8ClF3N4O/c1-22-12-10-9(18-6-19-12)3-2-7(11(10)14)8-4-5-21(20-8)13(15,16)17/h2-6H,1H3. The molecule has 0 aliphatic rings. The van der Waals surface area contributed by atoms with Crippen LogP contribution in [0.2, 0.25) is 5.02 Å². The van der Waals surface area contributed by atoms with Crippen LogP contribution in [0.25, 0.3) is 22.2 Å². The van der Waals surface area contributed by atoms with Gasteiger partial charge in [0, 0.05) is 11.8 Å². The largest absolute Gasteiger partial charge is 0.504 e. The number of rotatable bonds is 2. The number of benzene rings is 1. The van der Waals surface area contributed by atoms with E-state index in [1.807, 2.05) is 0 Å². The zero-order valence-corrected chi connectivity index (χ0v) is 11.9. The summed E-state index contributed by atoms with van der Waals surface area (Å²) in [4.78, 5) is 7.99. The second-order valence-corrected chi connectivity index (χ2v) is 4.70. The highest BCUT2D eigenvalue weighted by Gasteiger charge is 2.31. The predicted molar refractivity (Wildman–Crippen MR) is 73.6 cm³/mol. The van der Waals surface area contributed by atoms with Crippen LogP contribution < -0.4 is 4.74 Å². The summed E-state index contributed by atoms with van der Waals surface area (Å²) in [6, 6.07) is 4.41. The normalized spacial score (nSPS) is 11.9. The third-order valence-electron chi connectivity index (χ3n) is 3.02. The minimum atomic E-state index is -4.58. The Bertz CT molecular complexity index is 847. The molecule has 0 saturated heterocycles. The second kappa shape index (κ2) is 5.13. The third-order valence-corrected chi connectivity index (χ3v) is 3.42. The van der Waals surface area contributed by atoms with E-state index in [2.05, 4.69) is 15.1 Å². The Kier molecular flexibility index (Phi) is 3.40. The summed E-state index contributed by atoms with van der Waals surface area (Å²) in [6.07, 6.45) is -2.44. The molecular formula is C13H8ClF3N4O. The SMILES string of the molecule is COc1ncnc2ccc(-c3ccn(C(F)(F)F)n3)c(Cl)c12. The molecule has 9 heteroatoms. The average molecular weight is 329 g/mol. The van der Waals surface area contributed by atoms with Gasteiger partial charge in [-0.25, -0.2) is 9.97 Å². The molecule has 0 amide bonds. The van der Waals surface area contributed by atoms with Crippen LogP contribution in [0.5, 0.6) is 5.88 Å². The second-order valence-electron chi connectivity index (χ2n) is 4.32. The van der Waals surface area contributed by atoms with Gasteiger partial charge in [0.15, 0.2) is 0 Å². The van der Waals surface area contributed by atoms with Crippen molar-refractivity contribution in [2.75, 3.05) is 7.11 Å². The van der Waals surface area contributed by atoms with Crippen molar-refractivity contribution in [3.8, 4) is 17.1 Å². The highest BCUT2D eigenvalue weighted by atomic mass is 35.5. The van der Waals surface area contributed by atoms with Crippen molar-refractivity contribution >= 4 is 22.5 Å². The molecule has 0 radical (unpaired) electrons. The van der Waals surface area contributed by atoms with Gasteiger partial charge in [0.25, 0.3) is 0 Å². The summed E-state index contributed by atoms with van der Waals surface area (Å²) in [5.74, 6) is 0.243. The van der Waals surface area contributed by atoms with Gasteiger partial charge in [-0.2, -0.15) is 9.78 Å². The quantitative estimate of drug-likeness (QED) is 0.721. The molecule has 2 heterocycles. The van der Waals surface area contributed by atoms with Crippen LogP contribution >= 0.6 is 11.6 Å².